The summed E-state index contributed by atoms with van der Waals surface area (Å²) in [6.45, 7) is 0. The Morgan fingerprint density at radius 2 is 1.89 bits per heavy atom. The van der Waals surface area contributed by atoms with Crippen LogP contribution in [0, 0.1) is 0 Å². The molecule has 4 heteroatoms. The number of thiazole rings is 1. The number of carboxylic acids is 1. The van der Waals surface area contributed by atoms with Crippen molar-refractivity contribution < 1.29 is 9.90 Å². The van der Waals surface area contributed by atoms with Crippen LogP contribution in [0.1, 0.15) is 9.67 Å². The Bertz CT molecular complexity index is 733. The quantitative estimate of drug-likeness (QED) is 0.760. The maximum absolute atomic E-state index is 10.8. The van der Waals surface area contributed by atoms with E-state index < -0.39 is 5.97 Å². The van der Waals surface area contributed by atoms with Crippen molar-refractivity contribution in [2.75, 3.05) is 0 Å². The van der Waals surface area contributed by atoms with Crippen molar-refractivity contribution in [3.8, 4) is 10.6 Å². The van der Waals surface area contributed by atoms with Gasteiger partial charge in [0.05, 0.1) is 6.20 Å². The minimum absolute atomic E-state index is 0.262. The molecule has 1 aromatic heterocycles. The summed E-state index contributed by atoms with van der Waals surface area (Å²) in [5, 5.41) is 11.9. The summed E-state index contributed by atoms with van der Waals surface area (Å²) in [6, 6.07) is 14.1. The molecule has 18 heavy (non-hydrogen) atoms. The highest BCUT2D eigenvalue weighted by Gasteiger charge is 2.10. The maximum Gasteiger partial charge on any atom is 0.347 e. The standard InChI is InChI=1S/C14H9NO2S/c16-14(17)12-8-15-13(18-12)11-6-5-9-3-1-2-4-10(9)7-11/h1-8H,(H,16,17). The van der Waals surface area contributed by atoms with Gasteiger partial charge >= 0.3 is 5.97 Å². The Labute approximate surface area is 107 Å². The van der Waals surface area contributed by atoms with Crippen LogP contribution < -0.4 is 0 Å². The molecule has 0 aliphatic rings. The molecule has 3 nitrogen and oxygen atoms in total. The van der Waals surface area contributed by atoms with Gasteiger partial charge in [-0.25, -0.2) is 9.78 Å². The van der Waals surface area contributed by atoms with Crippen LogP contribution in [0.25, 0.3) is 21.3 Å². The molecular formula is C14H9NO2S. The monoisotopic (exact) mass is 255 g/mol. The molecule has 0 amide bonds. The van der Waals surface area contributed by atoms with Gasteiger partial charge in [-0.3, -0.25) is 0 Å². The van der Waals surface area contributed by atoms with Gasteiger partial charge in [0.2, 0.25) is 0 Å². The van der Waals surface area contributed by atoms with E-state index in [1.807, 2.05) is 42.5 Å². The second kappa shape index (κ2) is 4.23. The van der Waals surface area contributed by atoms with E-state index in [4.69, 9.17) is 5.11 Å². The molecule has 0 aliphatic carbocycles. The normalized spacial score (nSPS) is 10.7. The fraction of sp³-hybridized carbons (Fsp3) is 0. The summed E-state index contributed by atoms with van der Waals surface area (Å²) in [4.78, 5) is 15.2. The summed E-state index contributed by atoms with van der Waals surface area (Å²) in [5.74, 6) is -0.931. The van der Waals surface area contributed by atoms with Crippen LogP contribution in [0.2, 0.25) is 0 Å². The highest BCUT2D eigenvalue weighted by atomic mass is 32.1. The lowest BCUT2D eigenvalue weighted by atomic mass is 10.1. The van der Waals surface area contributed by atoms with Crippen molar-refractivity contribution in [3.63, 3.8) is 0 Å². The van der Waals surface area contributed by atoms with E-state index in [0.29, 0.717) is 0 Å². The number of hydrogen-bond acceptors (Lipinski definition) is 3. The summed E-state index contributed by atoms with van der Waals surface area (Å²) >= 11 is 1.19. The third-order valence-corrected chi connectivity index (χ3v) is 3.75. The molecular weight excluding hydrogens is 246 g/mol. The molecule has 88 valence electrons. The van der Waals surface area contributed by atoms with Crippen LogP contribution in [-0.4, -0.2) is 16.1 Å². The van der Waals surface area contributed by atoms with Crippen LogP contribution in [0.15, 0.2) is 48.7 Å². The SMILES string of the molecule is O=C(O)c1cnc(-c2ccc3ccccc3c2)s1. The summed E-state index contributed by atoms with van der Waals surface area (Å²) in [5.41, 5.74) is 0.950. The van der Waals surface area contributed by atoms with Gasteiger partial charge in [-0.2, -0.15) is 0 Å². The molecule has 0 saturated carbocycles. The van der Waals surface area contributed by atoms with Crippen LogP contribution in [0.3, 0.4) is 0 Å². The van der Waals surface area contributed by atoms with Gasteiger partial charge in [0.1, 0.15) is 9.88 Å². The van der Waals surface area contributed by atoms with E-state index in [-0.39, 0.29) is 4.88 Å². The van der Waals surface area contributed by atoms with Crippen molar-refractivity contribution in [2.24, 2.45) is 0 Å². The third-order valence-electron chi connectivity index (χ3n) is 2.71. The minimum atomic E-state index is -0.931. The van der Waals surface area contributed by atoms with E-state index in [9.17, 15) is 4.79 Å². The van der Waals surface area contributed by atoms with E-state index in [2.05, 4.69) is 4.98 Å². The maximum atomic E-state index is 10.8. The molecule has 3 aromatic rings. The van der Waals surface area contributed by atoms with Gasteiger partial charge in [0.25, 0.3) is 0 Å². The lowest BCUT2D eigenvalue weighted by Crippen LogP contribution is -1.89. The molecule has 1 heterocycles. The third kappa shape index (κ3) is 1.87. The Balaban J connectivity index is 2.10. The highest BCUT2D eigenvalue weighted by Crippen LogP contribution is 2.28. The van der Waals surface area contributed by atoms with Gasteiger partial charge < -0.3 is 5.11 Å². The first kappa shape index (κ1) is 10.9. The molecule has 0 saturated heterocycles. The Hall–Kier alpha value is -2.20. The average Bonchev–Trinajstić information content (AvgIpc) is 2.88. The fourth-order valence-corrected chi connectivity index (χ4v) is 2.58. The van der Waals surface area contributed by atoms with E-state index in [1.54, 1.807) is 0 Å². The zero-order valence-electron chi connectivity index (χ0n) is 9.33. The molecule has 0 aliphatic heterocycles. The molecule has 0 bridgehead atoms. The number of aromatic nitrogens is 1. The summed E-state index contributed by atoms with van der Waals surface area (Å²) in [6.07, 6.45) is 1.40. The molecule has 1 N–H and O–H groups in total. The zero-order valence-corrected chi connectivity index (χ0v) is 10.1. The molecule has 0 fully saturated rings. The molecule has 0 spiro atoms. The van der Waals surface area contributed by atoms with Crippen LogP contribution >= 0.6 is 11.3 Å². The van der Waals surface area contributed by atoms with Crippen molar-refractivity contribution in [3.05, 3.63) is 53.5 Å². The number of rotatable bonds is 2. The second-order valence-electron chi connectivity index (χ2n) is 3.90. The van der Waals surface area contributed by atoms with E-state index in [0.717, 1.165) is 21.3 Å². The highest BCUT2D eigenvalue weighted by molar-refractivity contribution is 7.16. The first-order valence-electron chi connectivity index (χ1n) is 5.42. The predicted molar refractivity (Wildman–Crippen MR) is 72.0 cm³/mol. The molecule has 2 aromatic carbocycles. The van der Waals surface area contributed by atoms with Crippen molar-refractivity contribution in [1.82, 2.24) is 4.98 Å². The lowest BCUT2D eigenvalue weighted by molar-refractivity contribution is 0.0702. The largest absolute Gasteiger partial charge is 0.477 e. The first-order chi connectivity index (χ1) is 8.74. The Kier molecular flexibility index (Phi) is 2.57. The van der Waals surface area contributed by atoms with Crippen molar-refractivity contribution in [2.45, 2.75) is 0 Å². The smallest absolute Gasteiger partial charge is 0.347 e. The van der Waals surface area contributed by atoms with E-state index >= 15 is 0 Å². The Morgan fingerprint density at radius 1 is 1.11 bits per heavy atom. The van der Waals surface area contributed by atoms with E-state index in [1.165, 1.54) is 17.5 Å². The fourth-order valence-electron chi connectivity index (χ4n) is 1.83. The van der Waals surface area contributed by atoms with Gasteiger partial charge in [0, 0.05) is 5.56 Å². The van der Waals surface area contributed by atoms with Gasteiger partial charge in [-0.1, -0.05) is 36.4 Å². The van der Waals surface area contributed by atoms with Gasteiger partial charge in [0.15, 0.2) is 0 Å². The number of nitrogens with zero attached hydrogens (tertiary/aromatic N) is 1. The molecule has 0 atom stereocenters. The number of hydrogen-bond donors (Lipinski definition) is 1. The summed E-state index contributed by atoms with van der Waals surface area (Å²) in [7, 11) is 0. The first-order valence-corrected chi connectivity index (χ1v) is 6.24. The summed E-state index contributed by atoms with van der Waals surface area (Å²) < 4.78 is 0. The Morgan fingerprint density at radius 3 is 2.61 bits per heavy atom. The molecule has 0 unspecified atom stereocenters. The number of carboxylic acid groups (broad SMARTS) is 1. The van der Waals surface area contributed by atoms with Crippen molar-refractivity contribution in [1.29, 1.82) is 0 Å². The van der Waals surface area contributed by atoms with Crippen LogP contribution in [-0.2, 0) is 0 Å². The van der Waals surface area contributed by atoms with Crippen molar-refractivity contribution >= 4 is 28.1 Å². The number of carbonyl (C=O) groups is 1. The van der Waals surface area contributed by atoms with Crippen LogP contribution in [0.5, 0.6) is 0 Å². The van der Waals surface area contributed by atoms with Gasteiger partial charge in [-0.05, 0) is 16.8 Å². The molecule has 0 radical (unpaired) electrons. The van der Waals surface area contributed by atoms with Crippen LogP contribution in [0.4, 0.5) is 0 Å². The number of benzene rings is 2. The lowest BCUT2D eigenvalue weighted by Gasteiger charge is -2.00. The number of fused-ring (bicyclic) bond motifs is 1. The van der Waals surface area contributed by atoms with Gasteiger partial charge in [-0.15, -0.1) is 11.3 Å². The molecule has 3 rings (SSSR count). The minimum Gasteiger partial charge on any atom is -0.477 e. The predicted octanol–water partition coefficient (Wildman–Crippen LogP) is 3.66. The average molecular weight is 255 g/mol. The second-order valence-corrected chi connectivity index (χ2v) is 4.93. The number of aromatic carboxylic acids is 1. The topological polar surface area (TPSA) is 50.2 Å². The zero-order chi connectivity index (χ0) is 12.5.